The van der Waals surface area contributed by atoms with Gasteiger partial charge in [0.2, 0.25) is 12.7 Å². The summed E-state index contributed by atoms with van der Waals surface area (Å²) in [6.07, 6.45) is 1.89. The molecule has 0 spiro atoms. The maximum Gasteiger partial charge on any atom is 0.231 e. The van der Waals surface area contributed by atoms with Crippen LogP contribution >= 0.6 is 0 Å². The molecule has 7 heteroatoms. The third kappa shape index (κ3) is 2.91. The standard InChI is InChI=1S/C18H16N4O3/c1-11-3-2-4-18(20-11)22-9-13(14(21-22)8-17(19)23)12-5-6-15-16(7-12)25-10-24-15/h2-7,9H,8,10H2,1H3,(H2,19,23). The molecule has 25 heavy (non-hydrogen) atoms. The Morgan fingerprint density at radius 1 is 1.24 bits per heavy atom. The van der Waals surface area contributed by atoms with Gasteiger partial charge >= 0.3 is 0 Å². The van der Waals surface area contributed by atoms with Crippen molar-refractivity contribution in [3.8, 4) is 28.4 Å². The summed E-state index contributed by atoms with van der Waals surface area (Å²) >= 11 is 0. The fourth-order valence-electron chi connectivity index (χ4n) is 2.78. The molecule has 0 radical (unpaired) electrons. The van der Waals surface area contributed by atoms with Crippen molar-refractivity contribution in [2.45, 2.75) is 13.3 Å². The number of pyridine rings is 1. The fraction of sp³-hybridized carbons (Fsp3) is 0.167. The van der Waals surface area contributed by atoms with Crippen molar-refractivity contribution in [1.29, 1.82) is 0 Å². The van der Waals surface area contributed by atoms with Crippen LogP contribution in [0.4, 0.5) is 0 Å². The molecule has 1 aliphatic rings. The van der Waals surface area contributed by atoms with E-state index < -0.39 is 5.91 Å². The van der Waals surface area contributed by atoms with Crippen molar-refractivity contribution < 1.29 is 14.3 Å². The van der Waals surface area contributed by atoms with E-state index in [-0.39, 0.29) is 13.2 Å². The Kier molecular flexibility index (Phi) is 3.61. The lowest BCUT2D eigenvalue weighted by molar-refractivity contribution is -0.117. The first-order valence-electron chi connectivity index (χ1n) is 7.81. The molecule has 0 saturated carbocycles. The van der Waals surface area contributed by atoms with Crippen molar-refractivity contribution in [1.82, 2.24) is 14.8 Å². The van der Waals surface area contributed by atoms with Gasteiger partial charge in [-0.1, -0.05) is 12.1 Å². The maximum absolute atomic E-state index is 11.5. The van der Waals surface area contributed by atoms with Crippen molar-refractivity contribution in [2.24, 2.45) is 5.73 Å². The van der Waals surface area contributed by atoms with Crippen LogP contribution in [-0.2, 0) is 11.2 Å². The van der Waals surface area contributed by atoms with Gasteiger partial charge < -0.3 is 15.2 Å². The smallest absolute Gasteiger partial charge is 0.231 e. The molecule has 0 saturated heterocycles. The van der Waals surface area contributed by atoms with E-state index in [0.29, 0.717) is 23.0 Å². The lowest BCUT2D eigenvalue weighted by Gasteiger charge is -2.02. The Morgan fingerprint density at radius 3 is 2.88 bits per heavy atom. The van der Waals surface area contributed by atoms with E-state index in [9.17, 15) is 4.79 Å². The molecule has 4 rings (SSSR count). The molecule has 2 aromatic heterocycles. The number of fused-ring (bicyclic) bond motifs is 1. The van der Waals surface area contributed by atoms with Gasteiger partial charge in [-0.25, -0.2) is 9.67 Å². The van der Waals surface area contributed by atoms with Gasteiger partial charge in [0, 0.05) is 17.5 Å². The molecule has 0 aliphatic carbocycles. The van der Waals surface area contributed by atoms with E-state index in [4.69, 9.17) is 15.2 Å². The van der Waals surface area contributed by atoms with Crippen LogP contribution in [0.15, 0.2) is 42.6 Å². The number of amides is 1. The second-order valence-corrected chi connectivity index (χ2v) is 5.78. The lowest BCUT2D eigenvalue weighted by atomic mass is 10.0. The van der Waals surface area contributed by atoms with E-state index in [2.05, 4.69) is 10.1 Å². The zero-order chi connectivity index (χ0) is 17.4. The number of hydrogen-bond acceptors (Lipinski definition) is 5. The van der Waals surface area contributed by atoms with Crippen molar-refractivity contribution in [2.75, 3.05) is 6.79 Å². The maximum atomic E-state index is 11.5. The second kappa shape index (κ2) is 5.94. The Bertz CT molecular complexity index is 965. The molecule has 7 nitrogen and oxygen atoms in total. The van der Waals surface area contributed by atoms with Crippen LogP contribution in [0.5, 0.6) is 11.5 Å². The van der Waals surface area contributed by atoms with Crippen LogP contribution in [0.1, 0.15) is 11.4 Å². The molecule has 3 heterocycles. The minimum Gasteiger partial charge on any atom is -0.454 e. The van der Waals surface area contributed by atoms with Crippen LogP contribution in [0.25, 0.3) is 16.9 Å². The molecular weight excluding hydrogens is 320 g/mol. The summed E-state index contributed by atoms with van der Waals surface area (Å²) in [7, 11) is 0. The molecule has 0 atom stereocenters. The van der Waals surface area contributed by atoms with Crippen LogP contribution < -0.4 is 15.2 Å². The topological polar surface area (TPSA) is 92.3 Å². The lowest BCUT2D eigenvalue weighted by Crippen LogP contribution is -2.14. The summed E-state index contributed by atoms with van der Waals surface area (Å²) in [5.74, 6) is 1.61. The third-order valence-corrected chi connectivity index (χ3v) is 3.92. The van der Waals surface area contributed by atoms with Gasteiger partial charge in [-0.15, -0.1) is 0 Å². The van der Waals surface area contributed by atoms with Crippen molar-refractivity contribution in [3.05, 3.63) is 54.0 Å². The molecule has 1 amide bonds. The number of aromatic nitrogens is 3. The highest BCUT2D eigenvalue weighted by Gasteiger charge is 2.19. The summed E-state index contributed by atoms with van der Waals surface area (Å²) in [5.41, 5.74) is 8.54. The van der Waals surface area contributed by atoms with Gasteiger partial charge in [0.1, 0.15) is 0 Å². The second-order valence-electron chi connectivity index (χ2n) is 5.78. The number of ether oxygens (including phenoxy) is 2. The quantitative estimate of drug-likeness (QED) is 0.787. The number of primary amides is 1. The average molecular weight is 336 g/mol. The summed E-state index contributed by atoms with van der Waals surface area (Å²) < 4.78 is 12.4. The van der Waals surface area contributed by atoms with E-state index >= 15 is 0 Å². The van der Waals surface area contributed by atoms with Crippen LogP contribution in [0, 0.1) is 6.92 Å². The number of hydrogen-bond donors (Lipinski definition) is 1. The number of rotatable bonds is 4. The van der Waals surface area contributed by atoms with Gasteiger partial charge in [0.25, 0.3) is 0 Å². The zero-order valence-electron chi connectivity index (χ0n) is 13.6. The number of aryl methyl sites for hydroxylation is 1. The zero-order valence-corrected chi connectivity index (χ0v) is 13.6. The first-order chi connectivity index (χ1) is 12.1. The van der Waals surface area contributed by atoms with Gasteiger partial charge in [0.05, 0.1) is 12.1 Å². The van der Waals surface area contributed by atoms with Crippen molar-refractivity contribution in [3.63, 3.8) is 0 Å². The third-order valence-electron chi connectivity index (χ3n) is 3.92. The SMILES string of the molecule is Cc1cccc(-n2cc(-c3ccc4c(c3)OCO4)c(CC(N)=O)n2)n1. The van der Waals surface area contributed by atoms with Gasteiger partial charge in [-0.2, -0.15) is 5.10 Å². The Balaban J connectivity index is 1.81. The molecule has 0 unspecified atom stereocenters. The molecule has 0 bridgehead atoms. The van der Waals surface area contributed by atoms with Crippen LogP contribution in [-0.4, -0.2) is 27.5 Å². The predicted molar refractivity (Wildman–Crippen MR) is 90.6 cm³/mol. The van der Waals surface area contributed by atoms with Crippen LogP contribution in [0.3, 0.4) is 0 Å². The fourth-order valence-corrected chi connectivity index (χ4v) is 2.78. The van der Waals surface area contributed by atoms with E-state index in [1.807, 2.05) is 49.5 Å². The number of carbonyl (C=O) groups is 1. The Morgan fingerprint density at radius 2 is 2.08 bits per heavy atom. The molecule has 1 aliphatic heterocycles. The van der Waals surface area contributed by atoms with Gasteiger partial charge in [-0.3, -0.25) is 4.79 Å². The first kappa shape index (κ1) is 15.2. The number of benzene rings is 1. The van der Waals surface area contributed by atoms with Crippen LogP contribution in [0.2, 0.25) is 0 Å². The average Bonchev–Trinajstić information content (AvgIpc) is 3.20. The minimum absolute atomic E-state index is 0.0442. The number of carbonyl (C=O) groups excluding carboxylic acids is 1. The minimum atomic E-state index is -0.440. The van der Waals surface area contributed by atoms with E-state index in [0.717, 1.165) is 16.8 Å². The van der Waals surface area contributed by atoms with Gasteiger partial charge in [-0.05, 0) is 36.8 Å². The molecule has 126 valence electrons. The molecule has 2 N–H and O–H groups in total. The largest absolute Gasteiger partial charge is 0.454 e. The summed E-state index contributed by atoms with van der Waals surface area (Å²) in [6.45, 7) is 2.12. The van der Waals surface area contributed by atoms with Crippen molar-refractivity contribution >= 4 is 5.91 Å². The summed E-state index contributed by atoms with van der Waals surface area (Å²) in [6, 6.07) is 11.3. The molecule has 0 fully saturated rings. The number of nitrogens with two attached hydrogens (primary N) is 1. The highest BCUT2D eigenvalue weighted by atomic mass is 16.7. The highest BCUT2D eigenvalue weighted by molar-refractivity contribution is 5.80. The monoisotopic (exact) mass is 336 g/mol. The highest BCUT2D eigenvalue weighted by Crippen LogP contribution is 2.37. The normalized spacial score (nSPS) is 12.4. The Hall–Kier alpha value is -3.35. The Labute approximate surface area is 144 Å². The molecule has 1 aromatic carbocycles. The molecular formula is C18H16N4O3. The summed E-state index contributed by atoms with van der Waals surface area (Å²) in [4.78, 5) is 15.9. The summed E-state index contributed by atoms with van der Waals surface area (Å²) in [5, 5.41) is 4.51. The van der Waals surface area contributed by atoms with E-state index in [1.54, 1.807) is 4.68 Å². The number of nitrogens with zero attached hydrogens (tertiary/aromatic N) is 3. The van der Waals surface area contributed by atoms with Gasteiger partial charge in [0.15, 0.2) is 17.3 Å². The predicted octanol–water partition coefficient (Wildman–Crippen LogP) is 2.00. The first-order valence-corrected chi connectivity index (χ1v) is 7.81. The van der Waals surface area contributed by atoms with E-state index in [1.165, 1.54) is 0 Å². The molecule has 3 aromatic rings.